The van der Waals surface area contributed by atoms with Crippen LogP contribution >= 0.6 is 11.3 Å². The van der Waals surface area contributed by atoms with E-state index in [-0.39, 0.29) is 5.91 Å². The van der Waals surface area contributed by atoms with Gasteiger partial charge in [0.15, 0.2) is 5.13 Å². The van der Waals surface area contributed by atoms with Gasteiger partial charge in [-0.3, -0.25) is 10.1 Å². The van der Waals surface area contributed by atoms with Crippen LogP contribution in [0.1, 0.15) is 34.8 Å². The zero-order valence-corrected chi connectivity index (χ0v) is 13.8. The standard InChI is InChI=1S/C19H16N2O2S/c22-18(21-19-20-17(12-24-19)13-6-7-13)14-8-10-16(11-9-14)23-15-4-2-1-3-5-15/h1-5,8-13H,6-7H2,(H,20,21,22). The summed E-state index contributed by atoms with van der Waals surface area (Å²) < 4.78 is 5.73. The molecule has 0 unspecified atom stereocenters. The summed E-state index contributed by atoms with van der Waals surface area (Å²) in [5.41, 5.74) is 1.68. The minimum absolute atomic E-state index is 0.155. The molecule has 1 aliphatic carbocycles. The van der Waals surface area contributed by atoms with Gasteiger partial charge < -0.3 is 4.74 Å². The number of carbonyl (C=O) groups is 1. The van der Waals surface area contributed by atoms with Gasteiger partial charge in [0.1, 0.15) is 11.5 Å². The van der Waals surface area contributed by atoms with Crippen LogP contribution in [0.5, 0.6) is 11.5 Å². The summed E-state index contributed by atoms with van der Waals surface area (Å²) in [4.78, 5) is 16.8. The molecule has 0 radical (unpaired) electrons. The maximum absolute atomic E-state index is 12.3. The van der Waals surface area contributed by atoms with Gasteiger partial charge in [-0.1, -0.05) is 18.2 Å². The fourth-order valence-corrected chi connectivity index (χ4v) is 3.17. The number of aromatic nitrogens is 1. The van der Waals surface area contributed by atoms with Crippen molar-refractivity contribution in [3.05, 3.63) is 71.2 Å². The van der Waals surface area contributed by atoms with Crippen LogP contribution in [0, 0.1) is 0 Å². The van der Waals surface area contributed by atoms with Gasteiger partial charge in [-0.2, -0.15) is 0 Å². The molecule has 1 amide bonds. The average molecular weight is 336 g/mol. The molecule has 0 aliphatic heterocycles. The van der Waals surface area contributed by atoms with E-state index in [1.54, 1.807) is 24.3 Å². The van der Waals surface area contributed by atoms with Crippen molar-refractivity contribution in [3.8, 4) is 11.5 Å². The molecule has 1 aliphatic rings. The van der Waals surface area contributed by atoms with Gasteiger partial charge in [-0.15, -0.1) is 11.3 Å². The number of rotatable bonds is 5. The Labute approximate surface area is 144 Å². The SMILES string of the molecule is O=C(Nc1nc(C2CC2)cs1)c1ccc(Oc2ccccc2)cc1. The predicted molar refractivity (Wildman–Crippen MR) is 95.0 cm³/mol. The number of hydrogen-bond acceptors (Lipinski definition) is 4. The van der Waals surface area contributed by atoms with Crippen LogP contribution in [0.15, 0.2) is 60.0 Å². The van der Waals surface area contributed by atoms with Gasteiger partial charge >= 0.3 is 0 Å². The smallest absolute Gasteiger partial charge is 0.257 e. The molecule has 0 spiro atoms. The third kappa shape index (κ3) is 3.46. The predicted octanol–water partition coefficient (Wildman–Crippen LogP) is 5.07. The fraction of sp³-hybridized carbons (Fsp3) is 0.158. The second-order valence-electron chi connectivity index (χ2n) is 5.75. The van der Waals surface area contributed by atoms with Crippen molar-refractivity contribution in [2.75, 3.05) is 5.32 Å². The highest BCUT2D eigenvalue weighted by Crippen LogP contribution is 2.40. The molecule has 0 saturated heterocycles. The summed E-state index contributed by atoms with van der Waals surface area (Å²) in [6.45, 7) is 0. The van der Waals surface area contributed by atoms with Crippen molar-refractivity contribution in [1.82, 2.24) is 4.98 Å². The molecule has 24 heavy (non-hydrogen) atoms. The Balaban J connectivity index is 1.40. The molecule has 4 rings (SSSR count). The molecule has 1 aromatic heterocycles. The van der Waals surface area contributed by atoms with Gasteiger partial charge in [0.25, 0.3) is 5.91 Å². The topological polar surface area (TPSA) is 51.2 Å². The molecule has 1 N–H and O–H groups in total. The second kappa shape index (κ2) is 6.45. The number of nitrogens with one attached hydrogen (secondary N) is 1. The highest BCUT2D eigenvalue weighted by Gasteiger charge is 2.26. The Morgan fingerprint density at radius 1 is 1.04 bits per heavy atom. The summed E-state index contributed by atoms with van der Waals surface area (Å²) in [7, 11) is 0. The van der Waals surface area contributed by atoms with Crippen LogP contribution in [-0.2, 0) is 0 Å². The maximum atomic E-state index is 12.3. The van der Waals surface area contributed by atoms with E-state index in [4.69, 9.17) is 4.74 Å². The molecule has 1 fully saturated rings. The summed E-state index contributed by atoms with van der Waals surface area (Å²) in [5, 5.41) is 5.55. The van der Waals surface area contributed by atoms with Crippen molar-refractivity contribution >= 4 is 22.4 Å². The van der Waals surface area contributed by atoms with E-state index in [0.717, 1.165) is 11.4 Å². The lowest BCUT2D eigenvalue weighted by molar-refractivity contribution is 0.102. The first-order chi connectivity index (χ1) is 11.8. The monoisotopic (exact) mass is 336 g/mol. The number of carbonyl (C=O) groups excluding carboxylic acids is 1. The Hall–Kier alpha value is -2.66. The Morgan fingerprint density at radius 3 is 2.46 bits per heavy atom. The van der Waals surface area contributed by atoms with Crippen LogP contribution < -0.4 is 10.1 Å². The Bertz CT molecular complexity index is 839. The van der Waals surface area contributed by atoms with E-state index in [9.17, 15) is 4.79 Å². The lowest BCUT2D eigenvalue weighted by atomic mass is 10.2. The maximum Gasteiger partial charge on any atom is 0.257 e. The number of nitrogens with zero attached hydrogens (tertiary/aromatic N) is 1. The van der Waals surface area contributed by atoms with Gasteiger partial charge in [0.05, 0.1) is 5.69 Å². The van der Waals surface area contributed by atoms with E-state index in [2.05, 4.69) is 10.3 Å². The van der Waals surface area contributed by atoms with Crippen LogP contribution in [-0.4, -0.2) is 10.9 Å². The third-order valence-electron chi connectivity index (χ3n) is 3.83. The van der Waals surface area contributed by atoms with Gasteiger partial charge in [0, 0.05) is 16.9 Å². The van der Waals surface area contributed by atoms with Crippen molar-refractivity contribution in [2.24, 2.45) is 0 Å². The van der Waals surface area contributed by atoms with Crippen molar-refractivity contribution in [3.63, 3.8) is 0 Å². The van der Waals surface area contributed by atoms with E-state index < -0.39 is 0 Å². The fourth-order valence-electron chi connectivity index (χ4n) is 2.38. The number of hydrogen-bond donors (Lipinski definition) is 1. The van der Waals surface area contributed by atoms with Crippen LogP contribution in [0.3, 0.4) is 0 Å². The first-order valence-corrected chi connectivity index (χ1v) is 8.75. The van der Waals surface area contributed by atoms with E-state index in [0.29, 0.717) is 22.4 Å². The van der Waals surface area contributed by atoms with E-state index >= 15 is 0 Å². The number of ether oxygens (including phenoxy) is 1. The molecule has 0 bridgehead atoms. The molecule has 2 aromatic carbocycles. The molecular formula is C19H16N2O2S. The molecule has 4 nitrogen and oxygen atoms in total. The number of amides is 1. The molecule has 120 valence electrons. The van der Waals surface area contributed by atoms with Gasteiger partial charge in [0.2, 0.25) is 0 Å². The highest BCUT2D eigenvalue weighted by atomic mass is 32.1. The minimum Gasteiger partial charge on any atom is -0.457 e. The quantitative estimate of drug-likeness (QED) is 0.708. The van der Waals surface area contributed by atoms with Crippen molar-refractivity contribution in [2.45, 2.75) is 18.8 Å². The third-order valence-corrected chi connectivity index (χ3v) is 4.61. The number of thiazole rings is 1. The normalized spacial score (nSPS) is 13.5. The average Bonchev–Trinajstić information content (AvgIpc) is 3.36. The largest absolute Gasteiger partial charge is 0.457 e. The van der Waals surface area contributed by atoms with E-state index in [1.165, 1.54) is 24.2 Å². The van der Waals surface area contributed by atoms with Gasteiger partial charge in [-0.25, -0.2) is 4.98 Å². The lowest BCUT2D eigenvalue weighted by Crippen LogP contribution is -2.11. The first kappa shape index (κ1) is 14.9. The highest BCUT2D eigenvalue weighted by molar-refractivity contribution is 7.14. The first-order valence-electron chi connectivity index (χ1n) is 7.88. The lowest BCUT2D eigenvalue weighted by Gasteiger charge is -2.06. The minimum atomic E-state index is -0.155. The van der Waals surface area contributed by atoms with Crippen LogP contribution in [0.4, 0.5) is 5.13 Å². The molecule has 5 heteroatoms. The summed E-state index contributed by atoms with van der Waals surface area (Å²) in [6.07, 6.45) is 2.42. The Kier molecular flexibility index (Phi) is 4.01. The second-order valence-corrected chi connectivity index (χ2v) is 6.60. The summed E-state index contributed by atoms with van der Waals surface area (Å²) >= 11 is 1.48. The van der Waals surface area contributed by atoms with Crippen LogP contribution in [0.2, 0.25) is 0 Å². The molecule has 1 heterocycles. The molecule has 3 aromatic rings. The van der Waals surface area contributed by atoms with E-state index in [1.807, 2.05) is 35.7 Å². The zero-order valence-electron chi connectivity index (χ0n) is 12.9. The Morgan fingerprint density at radius 2 is 1.75 bits per heavy atom. The molecule has 0 atom stereocenters. The van der Waals surface area contributed by atoms with Crippen molar-refractivity contribution in [1.29, 1.82) is 0 Å². The zero-order chi connectivity index (χ0) is 16.4. The van der Waals surface area contributed by atoms with Crippen LogP contribution in [0.25, 0.3) is 0 Å². The number of benzene rings is 2. The summed E-state index contributed by atoms with van der Waals surface area (Å²) in [6, 6.07) is 16.6. The summed E-state index contributed by atoms with van der Waals surface area (Å²) in [5.74, 6) is 1.91. The molecule has 1 saturated carbocycles. The number of anilines is 1. The molecular weight excluding hydrogens is 320 g/mol. The van der Waals surface area contributed by atoms with Crippen molar-refractivity contribution < 1.29 is 9.53 Å². The number of para-hydroxylation sites is 1. The van der Waals surface area contributed by atoms with Gasteiger partial charge in [-0.05, 0) is 49.2 Å².